The zero-order chi connectivity index (χ0) is 13.2. The van der Waals surface area contributed by atoms with Crippen molar-refractivity contribution in [3.05, 3.63) is 15.9 Å². The summed E-state index contributed by atoms with van der Waals surface area (Å²) >= 11 is 9.21. The van der Waals surface area contributed by atoms with E-state index in [2.05, 4.69) is 15.9 Å². The van der Waals surface area contributed by atoms with Crippen LogP contribution in [0.4, 0.5) is 0 Å². The van der Waals surface area contributed by atoms with Crippen molar-refractivity contribution in [3.8, 4) is 0 Å². The summed E-state index contributed by atoms with van der Waals surface area (Å²) in [6, 6.07) is 3.04. The average Bonchev–Trinajstić information content (AvgIpc) is 2.63. The molecule has 0 saturated carbocycles. The molecule has 1 unspecified atom stereocenters. The zero-order valence-electron chi connectivity index (χ0n) is 9.38. The van der Waals surface area contributed by atoms with Gasteiger partial charge in [0.2, 0.25) is 0 Å². The molecule has 0 amide bonds. The monoisotopic (exact) mass is 356 g/mol. The Morgan fingerprint density at radius 2 is 2.24 bits per heavy atom. The van der Waals surface area contributed by atoms with Crippen LogP contribution in [-0.4, -0.2) is 30.8 Å². The van der Waals surface area contributed by atoms with Crippen molar-refractivity contribution in [1.82, 2.24) is 4.31 Å². The predicted octanol–water partition coefficient (Wildman–Crippen LogP) is 2.20. The standard InChI is InChI=1S/C9H13BrN2O2S3/c1-6(5-8(11)15)12(2)17(13,14)9-4-3-7(10)16-9/h3-4,6H,5H2,1-2H3,(H2,11,15). The van der Waals surface area contributed by atoms with Crippen molar-refractivity contribution in [3.63, 3.8) is 0 Å². The van der Waals surface area contributed by atoms with E-state index in [1.165, 1.54) is 22.7 Å². The lowest BCUT2D eigenvalue weighted by Crippen LogP contribution is -2.37. The minimum atomic E-state index is -3.46. The van der Waals surface area contributed by atoms with E-state index in [-0.39, 0.29) is 6.04 Å². The molecular weight excluding hydrogens is 344 g/mol. The largest absolute Gasteiger partial charge is 0.393 e. The third-order valence-electron chi connectivity index (χ3n) is 2.30. The molecule has 1 aromatic heterocycles. The highest BCUT2D eigenvalue weighted by Gasteiger charge is 2.26. The molecule has 1 rings (SSSR count). The highest BCUT2D eigenvalue weighted by atomic mass is 79.9. The van der Waals surface area contributed by atoms with Gasteiger partial charge in [-0.25, -0.2) is 8.42 Å². The Morgan fingerprint density at radius 3 is 2.65 bits per heavy atom. The van der Waals surface area contributed by atoms with Crippen molar-refractivity contribution in [2.24, 2.45) is 5.73 Å². The maximum atomic E-state index is 12.2. The number of nitrogens with zero attached hydrogens (tertiary/aromatic N) is 1. The minimum absolute atomic E-state index is 0.252. The lowest BCUT2D eigenvalue weighted by molar-refractivity contribution is 0.398. The van der Waals surface area contributed by atoms with Crippen LogP contribution in [0.5, 0.6) is 0 Å². The topological polar surface area (TPSA) is 63.4 Å². The molecule has 96 valence electrons. The van der Waals surface area contributed by atoms with Gasteiger partial charge in [0, 0.05) is 19.5 Å². The van der Waals surface area contributed by atoms with Gasteiger partial charge < -0.3 is 5.73 Å². The van der Waals surface area contributed by atoms with Crippen molar-refractivity contribution in [1.29, 1.82) is 0 Å². The number of thiocarbonyl (C=S) groups is 1. The van der Waals surface area contributed by atoms with Crippen LogP contribution in [0, 0.1) is 0 Å². The second kappa shape index (κ2) is 5.75. The summed E-state index contributed by atoms with van der Waals surface area (Å²) in [4.78, 5) is 0.312. The smallest absolute Gasteiger partial charge is 0.252 e. The zero-order valence-corrected chi connectivity index (χ0v) is 13.4. The van der Waals surface area contributed by atoms with Crippen LogP contribution in [0.2, 0.25) is 0 Å². The van der Waals surface area contributed by atoms with Gasteiger partial charge in [-0.05, 0) is 35.0 Å². The summed E-state index contributed by atoms with van der Waals surface area (Å²) in [5, 5.41) is 0. The Hall–Kier alpha value is -0.0200. The van der Waals surface area contributed by atoms with Crippen LogP contribution < -0.4 is 5.73 Å². The van der Waals surface area contributed by atoms with E-state index in [1.807, 2.05) is 0 Å². The van der Waals surface area contributed by atoms with Gasteiger partial charge >= 0.3 is 0 Å². The van der Waals surface area contributed by atoms with E-state index in [0.717, 1.165) is 3.79 Å². The fourth-order valence-electron chi connectivity index (χ4n) is 1.23. The van der Waals surface area contributed by atoms with Crippen molar-refractivity contribution in [2.45, 2.75) is 23.6 Å². The lowest BCUT2D eigenvalue weighted by Gasteiger charge is -2.23. The Labute approximate surface area is 119 Å². The fourth-order valence-corrected chi connectivity index (χ4v) is 5.03. The summed E-state index contributed by atoms with van der Waals surface area (Å²) in [7, 11) is -1.92. The quantitative estimate of drug-likeness (QED) is 0.821. The van der Waals surface area contributed by atoms with E-state index in [0.29, 0.717) is 15.6 Å². The second-order valence-electron chi connectivity index (χ2n) is 3.60. The number of rotatable bonds is 5. The molecule has 0 spiro atoms. The van der Waals surface area contributed by atoms with Gasteiger partial charge in [0.15, 0.2) is 0 Å². The molecule has 8 heteroatoms. The molecule has 4 nitrogen and oxygen atoms in total. The van der Waals surface area contributed by atoms with Gasteiger partial charge in [-0.2, -0.15) is 4.31 Å². The van der Waals surface area contributed by atoms with E-state index < -0.39 is 10.0 Å². The molecule has 0 radical (unpaired) electrons. The molecule has 0 saturated heterocycles. The highest BCUT2D eigenvalue weighted by molar-refractivity contribution is 9.11. The van der Waals surface area contributed by atoms with Crippen LogP contribution in [0.15, 0.2) is 20.1 Å². The van der Waals surface area contributed by atoms with E-state index in [4.69, 9.17) is 18.0 Å². The molecule has 0 aliphatic carbocycles. The third-order valence-corrected chi connectivity index (χ3v) is 6.53. The Bertz CT molecular complexity index is 512. The lowest BCUT2D eigenvalue weighted by atomic mass is 10.2. The van der Waals surface area contributed by atoms with Gasteiger partial charge in [0.25, 0.3) is 10.0 Å². The number of thiophene rings is 1. The van der Waals surface area contributed by atoms with E-state index in [1.54, 1.807) is 19.1 Å². The number of nitrogens with two attached hydrogens (primary N) is 1. The Morgan fingerprint density at radius 1 is 1.65 bits per heavy atom. The first-order valence-corrected chi connectivity index (χ1v) is 8.22. The Balaban J connectivity index is 2.94. The highest BCUT2D eigenvalue weighted by Crippen LogP contribution is 2.28. The first-order valence-electron chi connectivity index (χ1n) is 4.77. The maximum absolute atomic E-state index is 12.2. The van der Waals surface area contributed by atoms with Crippen LogP contribution in [0.3, 0.4) is 0 Å². The number of hydrogen-bond acceptors (Lipinski definition) is 4. The van der Waals surface area contributed by atoms with E-state index in [9.17, 15) is 8.42 Å². The summed E-state index contributed by atoms with van der Waals surface area (Å²) in [6.07, 6.45) is 0.373. The summed E-state index contributed by atoms with van der Waals surface area (Å²) in [5.74, 6) is 0. The third kappa shape index (κ3) is 3.72. The van der Waals surface area contributed by atoms with Crippen molar-refractivity contribution in [2.75, 3.05) is 7.05 Å². The average molecular weight is 357 g/mol. The number of halogens is 1. The van der Waals surface area contributed by atoms with Gasteiger partial charge in [-0.15, -0.1) is 11.3 Å². The van der Waals surface area contributed by atoms with Gasteiger partial charge in [0.1, 0.15) is 4.21 Å². The molecule has 0 fully saturated rings. The maximum Gasteiger partial charge on any atom is 0.252 e. The summed E-state index contributed by atoms with van der Waals surface area (Å²) in [6.45, 7) is 1.78. The van der Waals surface area contributed by atoms with Crippen molar-refractivity contribution >= 4 is 54.5 Å². The molecular formula is C9H13BrN2O2S3. The molecule has 1 atom stereocenters. The molecule has 17 heavy (non-hydrogen) atoms. The van der Waals surface area contributed by atoms with Gasteiger partial charge in [0.05, 0.1) is 8.77 Å². The number of hydrogen-bond donors (Lipinski definition) is 1. The molecule has 0 aliphatic rings. The van der Waals surface area contributed by atoms with Crippen LogP contribution in [0.1, 0.15) is 13.3 Å². The van der Waals surface area contributed by atoms with Crippen molar-refractivity contribution < 1.29 is 8.42 Å². The first-order chi connectivity index (χ1) is 7.75. The van der Waals surface area contributed by atoms with Crippen LogP contribution in [-0.2, 0) is 10.0 Å². The number of sulfonamides is 1. The minimum Gasteiger partial charge on any atom is -0.393 e. The summed E-state index contributed by atoms with van der Waals surface area (Å²) in [5.41, 5.74) is 5.42. The second-order valence-corrected chi connectivity index (χ2v) is 8.81. The molecule has 1 aromatic rings. The molecule has 0 bridgehead atoms. The molecule has 0 aromatic carbocycles. The van der Waals surface area contributed by atoms with Crippen LogP contribution >= 0.6 is 39.5 Å². The van der Waals surface area contributed by atoms with Gasteiger partial charge in [-0.3, -0.25) is 0 Å². The van der Waals surface area contributed by atoms with Gasteiger partial charge in [-0.1, -0.05) is 12.2 Å². The SMILES string of the molecule is CC(CC(N)=S)N(C)S(=O)(=O)c1ccc(Br)s1. The molecule has 1 heterocycles. The molecule has 2 N–H and O–H groups in total. The Kier molecular flexibility index (Phi) is 5.08. The van der Waals surface area contributed by atoms with Crippen LogP contribution in [0.25, 0.3) is 0 Å². The fraction of sp³-hybridized carbons (Fsp3) is 0.444. The normalized spacial score (nSPS) is 13.9. The van der Waals surface area contributed by atoms with E-state index >= 15 is 0 Å². The summed E-state index contributed by atoms with van der Waals surface area (Å²) < 4.78 is 26.8. The molecule has 0 aliphatic heterocycles. The predicted molar refractivity (Wildman–Crippen MR) is 77.8 cm³/mol. The first kappa shape index (κ1) is 15.0.